The first-order valence-electron chi connectivity index (χ1n) is 6.76. The fraction of sp³-hybridized carbons (Fsp3) is 0.0588. The number of rotatable bonds is 3. The van der Waals surface area contributed by atoms with Crippen LogP contribution >= 0.6 is 15.9 Å². The molecule has 3 aromatic rings. The molecule has 3 rings (SSSR count). The summed E-state index contributed by atoms with van der Waals surface area (Å²) in [6.45, 7) is 0. The van der Waals surface area contributed by atoms with Gasteiger partial charge in [0.15, 0.2) is 11.2 Å². The molecular weight excluding hydrogens is 362 g/mol. The van der Waals surface area contributed by atoms with Crippen LogP contribution in [0.15, 0.2) is 62.2 Å². The molecule has 0 aliphatic rings. The van der Waals surface area contributed by atoms with E-state index in [2.05, 4.69) is 21.2 Å². The average Bonchev–Trinajstić information content (AvgIpc) is 2.54. The molecule has 0 aliphatic heterocycles. The van der Waals surface area contributed by atoms with Gasteiger partial charge in [-0.25, -0.2) is 0 Å². The molecule has 0 fully saturated rings. The largest absolute Gasteiger partial charge is 0.495 e. The molecule has 23 heavy (non-hydrogen) atoms. The number of carbonyl (C=O) groups excluding carboxylic acids is 1. The van der Waals surface area contributed by atoms with Crippen molar-refractivity contribution in [3.8, 4) is 5.75 Å². The number of ether oxygens (including phenoxy) is 1. The van der Waals surface area contributed by atoms with Crippen LogP contribution in [0.5, 0.6) is 5.75 Å². The van der Waals surface area contributed by atoms with E-state index in [1.807, 2.05) is 0 Å². The Hall–Kier alpha value is -2.60. The number of para-hydroxylation sites is 2. The maximum absolute atomic E-state index is 12.4. The second-order valence-electron chi connectivity index (χ2n) is 4.77. The molecule has 0 atom stereocenters. The van der Waals surface area contributed by atoms with E-state index in [0.717, 1.165) is 4.47 Å². The Balaban J connectivity index is 1.99. The topological polar surface area (TPSA) is 68.5 Å². The van der Waals surface area contributed by atoms with E-state index in [9.17, 15) is 9.59 Å². The summed E-state index contributed by atoms with van der Waals surface area (Å²) in [7, 11) is 1.51. The van der Waals surface area contributed by atoms with Crippen molar-refractivity contribution in [1.82, 2.24) is 0 Å². The summed E-state index contributed by atoms with van der Waals surface area (Å²) in [6.07, 6.45) is 0. The Kier molecular flexibility index (Phi) is 4.16. The molecule has 6 heteroatoms. The van der Waals surface area contributed by atoms with Crippen LogP contribution in [0.25, 0.3) is 11.0 Å². The van der Waals surface area contributed by atoms with Crippen molar-refractivity contribution in [2.75, 3.05) is 12.4 Å². The molecule has 1 heterocycles. The average molecular weight is 374 g/mol. The van der Waals surface area contributed by atoms with Gasteiger partial charge in [-0.2, -0.15) is 0 Å². The van der Waals surface area contributed by atoms with Gasteiger partial charge in [-0.1, -0.05) is 28.1 Å². The van der Waals surface area contributed by atoms with Crippen LogP contribution in [0.1, 0.15) is 10.6 Å². The van der Waals surface area contributed by atoms with E-state index in [0.29, 0.717) is 22.4 Å². The third kappa shape index (κ3) is 3.12. The molecule has 0 bridgehead atoms. The van der Waals surface area contributed by atoms with E-state index in [1.54, 1.807) is 42.5 Å². The molecule has 0 unspecified atom stereocenters. The van der Waals surface area contributed by atoms with Crippen LogP contribution < -0.4 is 15.5 Å². The Morgan fingerprint density at radius 1 is 1.17 bits per heavy atom. The minimum Gasteiger partial charge on any atom is -0.495 e. The number of benzene rings is 2. The van der Waals surface area contributed by atoms with Crippen molar-refractivity contribution in [1.29, 1.82) is 0 Å². The lowest BCUT2D eigenvalue weighted by Gasteiger charge is -2.09. The Morgan fingerprint density at radius 3 is 2.74 bits per heavy atom. The van der Waals surface area contributed by atoms with Crippen molar-refractivity contribution in [2.45, 2.75) is 0 Å². The number of halogens is 1. The van der Waals surface area contributed by atoms with Gasteiger partial charge in [0.2, 0.25) is 0 Å². The second-order valence-corrected chi connectivity index (χ2v) is 5.69. The van der Waals surface area contributed by atoms with Crippen LogP contribution in [-0.4, -0.2) is 13.0 Å². The zero-order chi connectivity index (χ0) is 16.4. The Bertz CT molecular complexity index is 949. The molecule has 0 saturated carbocycles. The quantitative estimate of drug-likeness (QED) is 0.757. The van der Waals surface area contributed by atoms with Crippen molar-refractivity contribution < 1.29 is 13.9 Å². The molecule has 0 saturated heterocycles. The predicted molar refractivity (Wildman–Crippen MR) is 91.1 cm³/mol. The highest BCUT2D eigenvalue weighted by atomic mass is 79.9. The Morgan fingerprint density at radius 2 is 1.96 bits per heavy atom. The minimum atomic E-state index is -0.520. The molecule has 0 spiro atoms. The van der Waals surface area contributed by atoms with E-state index >= 15 is 0 Å². The van der Waals surface area contributed by atoms with Gasteiger partial charge in [-0.3, -0.25) is 9.59 Å². The molecule has 2 aromatic carbocycles. The number of methoxy groups -OCH3 is 1. The first kappa shape index (κ1) is 15.3. The minimum absolute atomic E-state index is 0.0634. The molecule has 1 N–H and O–H groups in total. The molecule has 1 aromatic heterocycles. The van der Waals surface area contributed by atoms with Crippen molar-refractivity contribution in [3.05, 3.63) is 69.0 Å². The lowest BCUT2D eigenvalue weighted by molar-refractivity contribution is 0.0997. The first-order chi connectivity index (χ1) is 11.1. The normalized spacial score (nSPS) is 10.5. The monoisotopic (exact) mass is 373 g/mol. The summed E-state index contributed by atoms with van der Waals surface area (Å²) in [5.41, 5.74) is 0.568. The highest BCUT2D eigenvalue weighted by molar-refractivity contribution is 9.10. The van der Waals surface area contributed by atoms with Gasteiger partial charge in [0, 0.05) is 10.5 Å². The second kappa shape index (κ2) is 6.26. The summed E-state index contributed by atoms with van der Waals surface area (Å²) in [4.78, 5) is 24.5. The number of carbonyl (C=O) groups is 1. The highest BCUT2D eigenvalue weighted by Crippen LogP contribution is 2.24. The van der Waals surface area contributed by atoms with Gasteiger partial charge in [0.1, 0.15) is 11.3 Å². The maximum Gasteiger partial charge on any atom is 0.291 e. The lowest BCUT2D eigenvalue weighted by Crippen LogP contribution is -2.15. The molecule has 5 nitrogen and oxygen atoms in total. The van der Waals surface area contributed by atoms with Gasteiger partial charge >= 0.3 is 0 Å². The number of anilines is 1. The van der Waals surface area contributed by atoms with Crippen LogP contribution in [-0.2, 0) is 0 Å². The summed E-state index contributed by atoms with van der Waals surface area (Å²) in [6, 6.07) is 13.2. The fourth-order valence-corrected chi connectivity index (χ4v) is 2.51. The summed E-state index contributed by atoms with van der Waals surface area (Å²) in [5, 5.41) is 3.09. The zero-order valence-electron chi connectivity index (χ0n) is 12.1. The third-order valence-electron chi connectivity index (χ3n) is 3.27. The highest BCUT2D eigenvalue weighted by Gasteiger charge is 2.14. The smallest absolute Gasteiger partial charge is 0.291 e. The van der Waals surface area contributed by atoms with E-state index in [4.69, 9.17) is 9.15 Å². The number of amides is 1. The van der Waals surface area contributed by atoms with Crippen LogP contribution in [0.3, 0.4) is 0 Å². The van der Waals surface area contributed by atoms with E-state index < -0.39 is 5.91 Å². The lowest BCUT2D eigenvalue weighted by atomic mass is 10.2. The Labute approximate surface area is 140 Å². The SMILES string of the molecule is COc1ccccc1NC(=O)c1cc(=O)c2ccc(Br)cc2o1. The number of hydrogen-bond acceptors (Lipinski definition) is 4. The summed E-state index contributed by atoms with van der Waals surface area (Å²) >= 11 is 3.31. The van der Waals surface area contributed by atoms with Crippen LogP contribution in [0.2, 0.25) is 0 Å². The van der Waals surface area contributed by atoms with Gasteiger partial charge < -0.3 is 14.5 Å². The fourth-order valence-electron chi connectivity index (χ4n) is 2.17. The van der Waals surface area contributed by atoms with Crippen molar-refractivity contribution in [3.63, 3.8) is 0 Å². The van der Waals surface area contributed by atoms with Crippen molar-refractivity contribution >= 4 is 38.5 Å². The standard InChI is InChI=1S/C17H12BrNO4/c1-22-14-5-3-2-4-12(14)19-17(21)16-9-13(20)11-7-6-10(18)8-15(11)23-16/h2-9H,1H3,(H,19,21). The molecular formula is C17H12BrNO4. The first-order valence-corrected chi connectivity index (χ1v) is 7.55. The van der Waals surface area contributed by atoms with Gasteiger partial charge in [-0.05, 0) is 30.3 Å². The van der Waals surface area contributed by atoms with Crippen LogP contribution in [0, 0.1) is 0 Å². The number of hydrogen-bond donors (Lipinski definition) is 1. The number of fused-ring (bicyclic) bond motifs is 1. The molecule has 0 aliphatic carbocycles. The number of nitrogens with one attached hydrogen (secondary N) is 1. The van der Waals surface area contributed by atoms with E-state index in [1.165, 1.54) is 13.2 Å². The van der Waals surface area contributed by atoms with E-state index in [-0.39, 0.29) is 11.2 Å². The van der Waals surface area contributed by atoms with Gasteiger partial charge in [0.05, 0.1) is 18.2 Å². The molecule has 0 radical (unpaired) electrons. The van der Waals surface area contributed by atoms with Gasteiger partial charge in [-0.15, -0.1) is 0 Å². The predicted octanol–water partition coefficient (Wildman–Crippen LogP) is 3.82. The van der Waals surface area contributed by atoms with Crippen molar-refractivity contribution in [2.24, 2.45) is 0 Å². The van der Waals surface area contributed by atoms with Gasteiger partial charge in [0.25, 0.3) is 5.91 Å². The maximum atomic E-state index is 12.4. The molecule has 116 valence electrons. The zero-order valence-corrected chi connectivity index (χ0v) is 13.7. The van der Waals surface area contributed by atoms with Crippen LogP contribution in [0.4, 0.5) is 5.69 Å². The summed E-state index contributed by atoms with van der Waals surface area (Å²) < 4.78 is 11.5. The molecule has 1 amide bonds. The third-order valence-corrected chi connectivity index (χ3v) is 3.76. The summed E-state index contributed by atoms with van der Waals surface area (Å²) in [5.74, 6) is -0.0632.